The fourth-order valence-electron chi connectivity index (χ4n) is 2.47. The van der Waals surface area contributed by atoms with Gasteiger partial charge in [-0.15, -0.1) is 0 Å². The molecule has 106 valence electrons. The van der Waals surface area contributed by atoms with Crippen LogP contribution in [0.4, 0.5) is 5.69 Å². The molecular formula is C13H15ClN4O2. The zero-order valence-corrected chi connectivity index (χ0v) is 11.6. The van der Waals surface area contributed by atoms with Gasteiger partial charge in [0, 0.05) is 42.8 Å². The van der Waals surface area contributed by atoms with E-state index in [-0.39, 0.29) is 18.2 Å². The maximum absolute atomic E-state index is 11.2. The van der Waals surface area contributed by atoms with Crippen molar-refractivity contribution in [2.24, 2.45) is 0 Å². The molecule has 0 radical (unpaired) electrons. The molecule has 20 heavy (non-hydrogen) atoms. The standard InChI is InChI=1S/C13H15ClN4O2/c14-10-1-2-13(18(19)20)11(9-10)12(3-4-15)17-7-5-16-6-8-17/h1-2,9,12,16H,3,5-8H2/t12-/m1/s1. The Bertz CT molecular complexity index is 538. The third-order valence-electron chi connectivity index (χ3n) is 3.42. The number of hydrogen-bond acceptors (Lipinski definition) is 5. The van der Waals surface area contributed by atoms with Gasteiger partial charge in [-0.3, -0.25) is 15.0 Å². The monoisotopic (exact) mass is 294 g/mol. The van der Waals surface area contributed by atoms with E-state index in [1.54, 1.807) is 6.07 Å². The van der Waals surface area contributed by atoms with Gasteiger partial charge >= 0.3 is 0 Å². The molecule has 0 amide bonds. The second kappa shape index (κ2) is 6.66. The minimum Gasteiger partial charge on any atom is -0.314 e. The average Bonchev–Trinajstić information content (AvgIpc) is 2.45. The summed E-state index contributed by atoms with van der Waals surface area (Å²) >= 11 is 5.97. The van der Waals surface area contributed by atoms with Gasteiger partial charge in [-0.25, -0.2) is 0 Å². The van der Waals surface area contributed by atoms with Crippen LogP contribution in [-0.4, -0.2) is 36.0 Å². The lowest BCUT2D eigenvalue weighted by atomic mass is 10.00. The van der Waals surface area contributed by atoms with Gasteiger partial charge in [-0.2, -0.15) is 5.26 Å². The maximum atomic E-state index is 11.2. The Morgan fingerprint density at radius 3 is 2.80 bits per heavy atom. The van der Waals surface area contributed by atoms with Crippen molar-refractivity contribution >= 4 is 17.3 Å². The molecule has 1 N–H and O–H groups in total. The van der Waals surface area contributed by atoms with E-state index in [2.05, 4.69) is 16.3 Å². The Morgan fingerprint density at radius 2 is 2.20 bits per heavy atom. The smallest absolute Gasteiger partial charge is 0.274 e. The third kappa shape index (κ3) is 3.25. The minimum absolute atomic E-state index is 0.0215. The first-order valence-electron chi connectivity index (χ1n) is 6.39. The van der Waals surface area contributed by atoms with Gasteiger partial charge < -0.3 is 5.32 Å². The SMILES string of the molecule is N#CC[C@H](c1cc(Cl)ccc1[N+](=O)[O-])N1CCNCC1. The van der Waals surface area contributed by atoms with Crippen molar-refractivity contribution in [2.75, 3.05) is 26.2 Å². The zero-order chi connectivity index (χ0) is 14.5. The lowest BCUT2D eigenvalue weighted by molar-refractivity contribution is -0.386. The number of benzene rings is 1. The molecule has 1 aromatic rings. The molecule has 0 aromatic heterocycles. The molecule has 1 aliphatic heterocycles. The highest BCUT2D eigenvalue weighted by molar-refractivity contribution is 6.30. The molecule has 0 bridgehead atoms. The van der Waals surface area contributed by atoms with Gasteiger partial charge in [-0.05, 0) is 12.1 Å². The molecule has 1 fully saturated rings. The highest BCUT2D eigenvalue weighted by Gasteiger charge is 2.28. The topological polar surface area (TPSA) is 82.2 Å². The van der Waals surface area contributed by atoms with Crippen molar-refractivity contribution in [1.82, 2.24) is 10.2 Å². The summed E-state index contributed by atoms with van der Waals surface area (Å²) in [7, 11) is 0. The second-order valence-electron chi connectivity index (χ2n) is 4.62. The maximum Gasteiger partial charge on any atom is 0.274 e. The van der Waals surface area contributed by atoms with E-state index in [9.17, 15) is 10.1 Å². The Hall–Kier alpha value is -1.68. The number of nitrogens with one attached hydrogen (secondary N) is 1. The zero-order valence-electron chi connectivity index (χ0n) is 10.9. The molecule has 0 aliphatic carbocycles. The van der Waals surface area contributed by atoms with Crippen LogP contribution in [0.25, 0.3) is 0 Å². The number of nitriles is 1. The first-order valence-corrected chi connectivity index (χ1v) is 6.77. The normalized spacial score (nSPS) is 17.4. The van der Waals surface area contributed by atoms with E-state index in [0.717, 1.165) is 26.2 Å². The lowest BCUT2D eigenvalue weighted by Crippen LogP contribution is -2.45. The molecule has 1 aromatic carbocycles. The summed E-state index contributed by atoms with van der Waals surface area (Å²) in [4.78, 5) is 12.9. The molecule has 1 saturated heterocycles. The molecule has 2 rings (SSSR count). The summed E-state index contributed by atoms with van der Waals surface area (Å²) in [5.74, 6) is 0. The summed E-state index contributed by atoms with van der Waals surface area (Å²) in [6.07, 6.45) is 0.210. The van der Waals surface area contributed by atoms with E-state index < -0.39 is 4.92 Å². The molecule has 0 spiro atoms. The van der Waals surface area contributed by atoms with Gasteiger partial charge in [0.05, 0.1) is 23.5 Å². The van der Waals surface area contributed by atoms with E-state index in [1.165, 1.54) is 12.1 Å². The molecule has 0 unspecified atom stereocenters. The summed E-state index contributed by atoms with van der Waals surface area (Å²) in [6.45, 7) is 3.15. The minimum atomic E-state index is -0.418. The average molecular weight is 295 g/mol. The van der Waals surface area contributed by atoms with Crippen LogP contribution in [0, 0.1) is 21.4 Å². The van der Waals surface area contributed by atoms with Crippen molar-refractivity contribution in [3.05, 3.63) is 38.9 Å². The van der Waals surface area contributed by atoms with Crippen LogP contribution in [-0.2, 0) is 0 Å². The second-order valence-corrected chi connectivity index (χ2v) is 5.06. The Balaban J connectivity index is 2.39. The van der Waals surface area contributed by atoms with Crippen molar-refractivity contribution < 1.29 is 4.92 Å². The highest BCUT2D eigenvalue weighted by atomic mass is 35.5. The van der Waals surface area contributed by atoms with Crippen LogP contribution >= 0.6 is 11.6 Å². The van der Waals surface area contributed by atoms with Crippen LogP contribution in [0.1, 0.15) is 18.0 Å². The van der Waals surface area contributed by atoms with Gasteiger partial charge in [-0.1, -0.05) is 11.6 Å². The summed E-state index contributed by atoms with van der Waals surface area (Å²) in [5, 5.41) is 23.9. The molecule has 1 heterocycles. The number of piperazine rings is 1. The summed E-state index contributed by atoms with van der Waals surface area (Å²) in [6, 6.07) is 6.34. The molecule has 1 aliphatic rings. The van der Waals surface area contributed by atoms with Gasteiger partial charge in [0.25, 0.3) is 5.69 Å². The van der Waals surface area contributed by atoms with Crippen molar-refractivity contribution in [1.29, 1.82) is 5.26 Å². The first-order chi connectivity index (χ1) is 9.63. The van der Waals surface area contributed by atoms with Crippen molar-refractivity contribution in [3.8, 4) is 6.07 Å². The Kier molecular flexibility index (Phi) is 4.90. The van der Waals surface area contributed by atoms with Crippen LogP contribution in [0.15, 0.2) is 18.2 Å². The van der Waals surface area contributed by atoms with Gasteiger partial charge in [0.15, 0.2) is 0 Å². The largest absolute Gasteiger partial charge is 0.314 e. The van der Waals surface area contributed by atoms with Crippen molar-refractivity contribution in [3.63, 3.8) is 0 Å². The van der Waals surface area contributed by atoms with E-state index in [0.29, 0.717) is 10.6 Å². The third-order valence-corrected chi connectivity index (χ3v) is 3.66. The van der Waals surface area contributed by atoms with Crippen LogP contribution in [0.3, 0.4) is 0 Å². The Labute approximate surface area is 122 Å². The van der Waals surface area contributed by atoms with Crippen LogP contribution in [0.2, 0.25) is 5.02 Å². The quantitative estimate of drug-likeness (QED) is 0.679. The molecule has 6 nitrogen and oxygen atoms in total. The first kappa shape index (κ1) is 14.7. The fraction of sp³-hybridized carbons (Fsp3) is 0.462. The number of halogens is 1. The van der Waals surface area contributed by atoms with E-state index in [1.807, 2.05) is 0 Å². The molecule has 1 atom stereocenters. The summed E-state index contributed by atoms with van der Waals surface area (Å²) in [5.41, 5.74) is 0.541. The van der Waals surface area contributed by atoms with E-state index >= 15 is 0 Å². The lowest BCUT2D eigenvalue weighted by Gasteiger charge is -2.33. The van der Waals surface area contributed by atoms with Gasteiger partial charge in [0.1, 0.15) is 0 Å². The molecular weight excluding hydrogens is 280 g/mol. The molecule has 7 heteroatoms. The number of nitro groups is 1. The fourth-order valence-corrected chi connectivity index (χ4v) is 2.66. The number of nitro benzene ring substituents is 1. The Morgan fingerprint density at radius 1 is 1.50 bits per heavy atom. The van der Waals surface area contributed by atoms with Gasteiger partial charge in [0.2, 0.25) is 0 Å². The summed E-state index contributed by atoms with van der Waals surface area (Å²) < 4.78 is 0. The van der Waals surface area contributed by atoms with E-state index in [4.69, 9.17) is 16.9 Å². The predicted octanol–water partition coefficient (Wildman–Crippen LogP) is 2.11. The van der Waals surface area contributed by atoms with Crippen LogP contribution in [0.5, 0.6) is 0 Å². The highest BCUT2D eigenvalue weighted by Crippen LogP contribution is 2.33. The number of nitrogens with zero attached hydrogens (tertiary/aromatic N) is 3. The predicted molar refractivity (Wildman–Crippen MR) is 75.5 cm³/mol. The molecule has 0 saturated carbocycles. The number of rotatable bonds is 4. The number of hydrogen-bond donors (Lipinski definition) is 1. The van der Waals surface area contributed by atoms with Crippen molar-refractivity contribution in [2.45, 2.75) is 12.5 Å². The van der Waals surface area contributed by atoms with Crippen LogP contribution < -0.4 is 5.32 Å².